The number of aryl methyl sites for hydroxylation is 1. The maximum atomic E-state index is 9.90. The number of aliphatic hydroxyl groups is 1. The van der Waals surface area contributed by atoms with E-state index in [2.05, 4.69) is 6.58 Å². The maximum absolute atomic E-state index is 9.90. The molecule has 1 N–H and O–H groups in total. The van der Waals surface area contributed by atoms with Crippen molar-refractivity contribution in [1.29, 1.82) is 0 Å². The molecule has 0 spiro atoms. The first-order valence-electron chi connectivity index (χ1n) is 5.20. The Morgan fingerprint density at radius 2 is 2.27 bits per heavy atom. The quantitative estimate of drug-likeness (QED) is 0.591. The van der Waals surface area contributed by atoms with Crippen LogP contribution in [0.15, 0.2) is 30.9 Å². The molecule has 82 valence electrons. The molecule has 1 unspecified atom stereocenters. The minimum atomic E-state index is -0.460. The first-order valence-corrected chi connectivity index (χ1v) is 5.58. The number of allylic oxidation sites excluding steroid dienone is 1. The second-order valence-electron chi connectivity index (χ2n) is 3.76. The molecule has 0 saturated carbocycles. The molecule has 1 aromatic rings. The van der Waals surface area contributed by atoms with Gasteiger partial charge in [0, 0.05) is 5.02 Å². The zero-order valence-electron chi connectivity index (χ0n) is 9.04. The number of aliphatic hydroxyl groups excluding tert-OH is 1. The summed E-state index contributed by atoms with van der Waals surface area (Å²) in [6.07, 6.45) is 4.01. The molecule has 1 nitrogen and oxygen atoms in total. The van der Waals surface area contributed by atoms with Gasteiger partial charge in [0.05, 0.1) is 6.10 Å². The van der Waals surface area contributed by atoms with E-state index in [4.69, 9.17) is 11.6 Å². The first-order chi connectivity index (χ1) is 7.15. The van der Waals surface area contributed by atoms with Crippen LogP contribution < -0.4 is 0 Å². The summed E-state index contributed by atoms with van der Waals surface area (Å²) in [7, 11) is 0. The molecule has 1 atom stereocenters. The number of hydrogen-bond acceptors (Lipinski definition) is 1. The van der Waals surface area contributed by atoms with E-state index >= 15 is 0 Å². The average Bonchev–Trinajstić information content (AvgIpc) is 2.17. The molecule has 0 aromatic heterocycles. The Balaban J connectivity index is 2.64. The maximum Gasteiger partial charge on any atom is 0.0804 e. The summed E-state index contributed by atoms with van der Waals surface area (Å²) in [6, 6.07) is 5.75. The highest BCUT2D eigenvalue weighted by Gasteiger charge is 2.10. The van der Waals surface area contributed by atoms with E-state index in [1.807, 2.05) is 31.2 Å². The van der Waals surface area contributed by atoms with Gasteiger partial charge in [0.1, 0.15) is 0 Å². The van der Waals surface area contributed by atoms with Gasteiger partial charge < -0.3 is 5.11 Å². The molecule has 0 fully saturated rings. The fourth-order valence-corrected chi connectivity index (χ4v) is 1.87. The number of halogens is 1. The van der Waals surface area contributed by atoms with Crippen LogP contribution in [0.25, 0.3) is 0 Å². The summed E-state index contributed by atoms with van der Waals surface area (Å²) < 4.78 is 0. The highest BCUT2D eigenvalue weighted by molar-refractivity contribution is 6.31. The monoisotopic (exact) mass is 224 g/mol. The molecule has 0 aliphatic carbocycles. The SMILES string of the molecule is C=CCCCC(O)c1ccc(C)cc1Cl. The lowest BCUT2D eigenvalue weighted by molar-refractivity contribution is 0.165. The second-order valence-corrected chi connectivity index (χ2v) is 4.17. The molecular formula is C13H17ClO. The Labute approximate surface area is 96.4 Å². The molecule has 1 rings (SSSR count). The van der Waals surface area contributed by atoms with Crippen LogP contribution in [0.3, 0.4) is 0 Å². The Hall–Kier alpha value is -0.790. The van der Waals surface area contributed by atoms with Crippen molar-refractivity contribution in [3.8, 4) is 0 Å². The molecule has 0 bridgehead atoms. The van der Waals surface area contributed by atoms with E-state index in [0.717, 1.165) is 30.4 Å². The van der Waals surface area contributed by atoms with E-state index < -0.39 is 6.10 Å². The second kappa shape index (κ2) is 5.94. The van der Waals surface area contributed by atoms with Crippen LogP contribution >= 0.6 is 11.6 Å². The van der Waals surface area contributed by atoms with Crippen LogP contribution in [0.4, 0.5) is 0 Å². The van der Waals surface area contributed by atoms with Crippen LogP contribution in [-0.2, 0) is 0 Å². The Kier molecular flexibility index (Phi) is 4.86. The smallest absolute Gasteiger partial charge is 0.0804 e. The number of hydrogen-bond donors (Lipinski definition) is 1. The zero-order valence-corrected chi connectivity index (χ0v) is 9.80. The zero-order chi connectivity index (χ0) is 11.3. The lowest BCUT2D eigenvalue weighted by Crippen LogP contribution is -1.98. The highest BCUT2D eigenvalue weighted by Crippen LogP contribution is 2.27. The molecule has 15 heavy (non-hydrogen) atoms. The van der Waals surface area contributed by atoms with E-state index in [1.54, 1.807) is 0 Å². The van der Waals surface area contributed by atoms with Crippen LogP contribution in [0, 0.1) is 6.92 Å². The summed E-state index contributed by atoms with van der Waals surface area (Å²) in [5.41, 5.74) is 1.94. The molecule has 0 saturated heterocycles. The molecule has 2 heteroatoms. The molecule has 0 aliphatic heterocycles. The van der Waals surface area contributed by atoms with Gasteiger partial charge in [-0.05, 0) is 43.4 Å². The summed E-state index contributed by atoms with van der Waals surface area (Å²) in [4.78, 5) is 0. The van der Waals surface area contributed by atoms with Crippen molar-refractivity contribution in [3.05, 3.63) is 47.0 Å². The molecular weight excluding hydrogens is 208 g/mol. The average molecular weight is 225 g/mol. The van der Waals surface area contributed by atoms with Crippen LogP contribution in [-0.4, -0.2) is 5.11 Å². The van der Waals surface area contributed by atoms with E-state index in [1.165, 1.54) is 0 Å². The van der Waals surface area contributed by atoms with Crippen molar-refractivity contribution in [2.75, 3.05) is 0 Å². The van der Waals surface area contributed by atoms with Crippen molar-refractivity contribution in [2.24, 2.45) is 0 Å². The minimum Gasteiger partial charge on any atom is -0.388 e. The summed E-state index contributed by atoms with van der Waals surface area (Å²) >= 11 is 6.06. The van der Waals surface area contributed by atoms with Gasteiger partial charge in [-0.15, -0.1) is 6.58 Å². The molecule has 0 radical (unpaired) electrons. The lowest BCUT2D eigenvalue weighted by Gasteiger charge is -2.12. The van der Waals surface area contributed by atoms with Gasteiger partial charge in [-0.25, -0.2) is 0 Å². The predicted molar refractivity (Wildman–Crippen MR) is 65.2 cm³/mol. The number of benzene rings is 1. The van der Waals surface area contributed by atoms with E-state index in [9.17, 15) is 5.11 Å². The Bertz CT molecular complexity index is 333. The third kappa shape index (κ3) is 3.69. The van der Waals surface area contributed by atoms with Gasteiger partial charge in [0.15, 0.2) is 0 Å². The molecule has 0 heterocycles. The van der Waals surface area contributed by atoms with E-state index in [-0.39, 0.29) is 0 Å². The van der Waals surface area contributed by atoms with Crippen molar-refractivity contribution in [1.82, 2.24) is 0 Å². The normalized spacial score (nSPS) is 12.5. The van der Waals surface area contributed by atoms with Crippen molar-refractivity contribution >= 4 is 11.6 Å². The van der Waals surface area contributed by atoms with Gasteiger partial charge in [-0.1, -0.05) is 29.8 Å². The summed E-state index contributed by atoms with van der Waals surface area (Å²) in [6.45, 7) is 5.64. The summed E-state index contributed by atoms with van der Waals surface area (Å²) in [5, 5.41) is 10.6. The molecule has 1 aromatic carbocycles. The topological polar surface area (TPSA) is 20.2 Å². The molecule has 0 aliphatic rings. The van der Waals surface area contributed by atoms with E-state index in [0.29, 0.717) is 5.02 Å². The van der Waals surface area contributed by atoms with Crippen LogP contribution in [0.5, 0.6) is 0 Å². The fourth-order valence-electron chi connectivity index (χ4n) is 1.51. The minimum absolute atomic E-state index is 0.460. The Morgan fingerprint density at radius 3 is 2.87 bits per heavy atom. The highest BCUT2D eigenvalue weighted by atomic mass is 35.5. The standard InChI is InChI=1S/C13H17ClO/c1-3-4-5-6-13(15)11-8-7-10(2)9-12(11)14/h3,7-9,13,15H,1,4-6H2,2H3. The number of unbranched alkanes of at least 4 members (excludes halogenated alkanes) is 1. The van der Waals surface area contributed by atoms with Gasteiger partial charge in [-0.3, -0.25) is 0 Å². The van der Waals surface area contributed by atoms with Gasteiger partial charge >= 0.3 is 0 Å². The van der Waals surface area contributed by atoms with Crippen molar-refractivity contribution in [3.63, 3.8) is 0 Å². The first kappa shape index (κ1) is 12.3. The van der Waals surface area contributed by atoms with Crippen LogP contribution in [0.1, 0.15) is 36.5 Å². The molecule has 0 amide bonds. The summed E-state index contributed by atoms with van der Waals surface area (Å²) in [5.74, 6) is 0. The van der Waals surface area contributed by atoms with Crippen molar-refractivity contribution in [2.45, 2.75) is 32.3 Å². The third-order valence-electron chi connectivity index (χ3n) is 2.40. The van der Waals surface area contributed by atoms with Gasteiger partial charge in [-0.2, -0.15) is 0 Å². The van der Waals surface area contributed by atoms with Gasteiger partial charge in [0.2, 0.25) is 0 Å². The predicted octanol–water partition coefficient (Wildman–Crippen LogP) is 4.04. The largest absolute Gasteiger partial charge is 0.388 e. The Morgan fingerprint density at radius 1 is 1.53 bits per heavy atom. The van der Waals surface area contributed by atoms with Crippen LogP contribution in [0.2, 0.25) is 5.02 Å². The number of rotatable bonds is 5. The van der Waals surface area contributed by atoms with Gasteiger partial charge in [0.25, 0.3) is 0 Å². The third-order valence-corrected chi connectivity index (χ3v) is 2.73. The lowest BCUT2D eigenvalue weighted by atomic mass is 10.0. The fraction of sp³-hybridized carbons (Fsp3) is 0.385. The van der Waals surface area contributed by atoms with Crippen molar-refractivity contribution < 1.29 is 5.11 Å².